The van der Waals surface area contributed by atoms with Gasteiger partial charge in [-0.15, -0.1) is 0 Å². The van der Waals surface area contributed by atoms with E-state index < -0.39 is 10.0 Å². The molecule has 0 unspecified atom stereocenters. The summed E-state index contributed by atoms with van der Waals surface area (Å²) < 4.78 is 27.2. The molecule has 1 fully saturated rings. The van der Waals surface area contributed by atoms with Gasteiger partial charge in [-0.05, 0) is 43.7 Å². The van der Waals surface area contributed by atoms with Gasteiger partial charge in [-0.25, -0.2) is 13.1 Å². The van der Waals surface area contributed by atoms with Gasteiger partial charge >= 0.3 is 0 Å². The van der Waals surface area contributed by atoms with Crippen molar-refractivity contribution in [1.82, 2.24) is 9.62 Å². The van der Waals surface area contributed by atoms with Crippen LogP contribution in [0.1, 0.15) is 16.7 Å². The van der Waals surface area contributed by atoms with Crippen LogP contribution in [-0.2, 0) is 22.2 Å². The third-order valence-electron chi connectivity index (χ3n) is 5.02. The number of benzene rings is 2. The lowest BCUT2D eigenvalue weighted by Gasteiger charge is -2.34. The average Bonchev–Trinajstić information content (AvgIpc) is 2.65. The summed E-state index contributed by atoms with van der Waals surface area (Å²) in [4.78, 5) is 4.74. The van der Waals surface area contributed by atoms with Gasteiger partial charge in [-0.1, -0.05) is 42.0 Å². The molecule has 0 spiro atoms. The lowest BCUT2D eigenvalue weighted by Crippen LogP contribution is -2.44. The van der Waals surface area contributed by atoms with Crippen LogP contribution in [0.25, 0.3) is 0 Å². The van der Waals surface area contributed by atoms with E-state index in [1.807, 2.05) is 31.2 Å². The minimum atomic E-state index is -3.31. The molecule has 5 nitrogen and oxygen atoms in total. The number of rotatable bonds is 7. The van der Waals surface area contributed by atoms with E-state index >= 15 is 0 Å². The third-order valence-corrected chi connectivity index (χ3v) is 6.38. The first-order chi connectivity index (χ1) is 12.9. The van der Waals surface area contributed by atoms with E-state index in [2.05, 4.69) is 45.8 Å². The minimum absolute atomic E-state index is 0.0234. The summed E-state index contributed by atoms with van der Waals surface area (Å²) in [5.74, 6) is 0.0234. The van der Waals surface area contributed by atoms with E-state index in [4.69, 9.17) is 0 Å². The maximum absolute atomic E-state index is 12.2. The van der Waals surface area contributed by atoms with E-state index in [0.29, 0.717) is 13.0 Å². The Morgan fingerprint density at radius 3 is 2.11 bits per heavy atom. The van der Waals surface area contributed by atoms with Crippen LogP contribution >= 0.6 is 0 Å². The molecule has 1 heterocycles. The van der Waals surface area contributed by atoms with Crippen molar-refractivity contribution in [3.8, 4) is 0 Å². The number of nitrogens with zero attached hydrogens (tertiary/aromatic N) is 2. The molecule has 0 atom stereocenters. The van der Waals surface area contributed by atoms with Crippen molar-refractivity contribution < 1.29 is 8.42 Å². The SMILES string of the molecule is Cc1ccc(CS(=O)(=O)NCCc2ccc(N3CCN(C)CC3)cc2)cc1. The summed E-state index contributed by atoms with van der Waals surface area (Å²) in [5, 5.41) is 0. The van der Waals surface area contributed by atoms with Crippen molar-refractivity contribution in [3.05, 3.63) is 65.2 Å². The number of hydrogen-bond acceptors (Lipinski definition) is 4. The van der Waals surface area contributed by atoms with Crippen LogP contribution in [-0.4, -0.2) is 53.1 Å². The number of anilines is 1. The maximum Gasteiger partial charge on any atom is 0.215 e. The lowest BCUT2D eigenvalue weighted by atomic mass is 10.1. The van der Waals surface area contributed by atoms with Gasteiger partial charge in [-0.3, -0.25) is 0 Å². The molecular weight excluding hydrogens is 358 g/mol. The van der Waals surface area contributed by atoms with Gasteiger partial charge in [-0.2, -0.15) is 0 Å². The fraction of sp³-hybridized carbons (Fsp3) is 0.429. The van der Waals surface area contributed by atoms with E-state index in [9.17, 15) is 8.42 Å². The van der Waals surface area contributed by atoms with E-state index in [-0.39, 0.29) is 5.75 Å². The topological polar surface area (TPSA) is 52.7 Å². The third kappa shape index (κ3) is 6.06. The van der Waals surface area contributed by atoms with Gasteiger partial charge in [0, 0.05) is 38.4 Å². The molecule has 1 N–H and O–H groups in total. The van der Waals surface area contributed by atoms with Crippen molar-refractivity contribution >= 4 is 15.7 Å². The summed E-state index contributed by atoms with van der Waals surface area (Å²) in [6, 6.07) is 16.1. The van der Waals surface area contributed by atoms with Gasteiger partial charge in [0.25, 0.3) is 0 Å². The van der Waals surface area contributed by atoms with Crippen LogP contribution in [0, 0.1) is 6.92 Å². The second-order valence-electron chi connectivity index (χ2n) is 7.35. The number of aryl methyl sites for hydroxylation is 1. The predicted octanol–water partition coefficient (Wildman–Crippen LogP) is 2.41. The Kier molecular flexibility index (Phi) is 6.52. The monoisotopic (exact) mass is 387 g/mol. The van der Waals surface area contributed by atoms with Crippen LogP contribution < -0.4 is 9.62 Å². The fourth-order valence-corrected chi connectivity index (χ4v) is 4.39. The molecule has 2 aromatic carbocycles. The molecule has 2 aromatic rings. The fourth-order valence-electron chi connectivity index (χ4n) is 3.24. The highest BCUT2D eigenvalue weighted by molar-refractivity contribution is 7.88. The van der Waals surface area contributed by atoms with E-state index in [0.717, 1.165) is 42.9 Å². The zero-order valence-corrected chi connectivity index (χ0v) is 17.0. The van der Waals surface area contributed by atoms with Gasteiger partial charge in [0.1, 0.15) is 0 Å². The zero-order chi connectivity index (χ0) is 19.3. The molecule has 1 saturated heterocycles. The highest BCUT2D eigenvalue weighted by atomic mass is 32.2. The molecule has 6 heteroatoms. The van der Waals surface area contributed by atoms with Crippen molar-refractivity contribution in [1.29, 1.82) is 0 Å². The first kappa shape index (κ1) is 19.9. The second-order valence-corrected chi connectivity index (χ2v) is 9.15. The van der Waals surface area contributed by atoms with Crippen LogP contribution in [0.2, 0.25) is 0 Å². The standard InChI is InChI=1S/C21H29N3O2S/c1-18-3-5-20(6-4-18)17-27(25,26)22-12-11-19-7-9-21(10-8-19)24-15-13-23(2)14-16-24/h3-10,22H,11-17H2,1-2H3. The Bertz CT molecular complexity index is 825. The Morgan fingerprint density at radius 1 is 0.889 bits per heavy atom. The van der Waals surface area contributed by atoms with E-state index in [1.165, 1.54) is 5.69 Å². The van der Waals surface area contributed by atoms with Crippen LogP contribution in [0.5, 0.6) is 0 Å². The van der Waals surface area contributed by atoms with Gasteiger partial charge in [0.15, 0.2) is 0 Å². The van der Waals surface area contributed by atoms with Gasteiger partial charge < -0.3 is 9.80 Å². The molecule has 1 aliphatic heterocycles. The predicted molar refractivity (Wildman–Crippen MR) is 112 cm³/mol. The zero-order valence-electron chi connectivity index (χ0n) is 16.2. The molecule has 27 heavy (non-hydrogen) atoms. The number of sulfonamides is 1. The molecule has 3 rings (SSSR count). The molecule has 0 aliphatic carbocycles. The molecule has 0 aromatic heterocycles. The molecule has 0 amide bonds. The largest absolute Gasteiger partial charge is 0.369 e. The second kappa shape index (κ2) is 8.87. The maximum atomic E-state index is 12.2. The Labute approximate surface area is 163 Å². The van der Waals surface area contributed by atoms with E-state index in [1.54, 1.807) is 0 Å². The normalized spacial score (nSPS) is 15.9. The Hall–Kier alpha value is -1.89. The van der Waals surface area contributed by atoms with Gasteiger partial charge in [0.2, 0.25) is 10.0 Å². The molecule has 0 bridgehead atoms. The number of piperazine rings is 1. The Morgan fingerprint density at radius 2 is 1.48 bits per heavy atom. The molecule has 146 valence electrons. The first-order valence-electron chi connectivity index (χ1n) is 9.47. The first-order valence-corrected chi connectivity index (χ1v) is 11.1. The smallest absolute Gasteiger partial charge is 0.215 e. The summed E-state index contributed by atoms with van der Waals surface area (Å²) in [5.41, 5.74) is 4.33. The number of likely N-dealkylation sites (N-methyl/N-ethyl adjacent to an activating group) is 1. The van der Waals surface area contributed by atoms with Crippen molar-refractivity contribution in [2.45, 2.75) is 19.1 Å². The summed E-state index contributed by atoms with van der Waals surface area (Å²) >= 11 is 0. The minimum Gasteiger partial charge on any atom is -0.369 e. The van der Waals surface area contributed by atoms with Crippen molar-refractivity contribution in [3.63, 3.8) is 0 Å². The number of hydrogen-bond donors (Lipinski definition) is 1. The summed E-state index contributed by atoms with van der Waals surface area (Å²) in [6.07, 6.45) is 0.691. The molecule has 0 saturated carbocycles. The molecular formula is C21H29N3O2S. The highest BCUT2D eigenvalue weighted by Crippen LogP contribution is 2.17. The molecule has 1 aliphatic rings. The van der Waals surface area contributed by atoms with Gasteiger partial charge in [0.05, 0.1) is 5.75 Å². The highest BCUT2D eigenvalue weighted by Gasteiger charge is 2.14. The van der Waals surface area contributed by atoms with Crippen LogP contribution in [0.3, 0.4) is 0 Å². The summed E-state index contributed by atoms with van der Waals surface area (Å²) in [6.45, 7) is 6.69. The summed E-state index contributed by atoms with van der Waals surface area (Å²) in [7, 11) is -1.16. The van der Waals surface area contributed by atoms with Crippen molar-refractivity contribution in [2.75, 3.05) is 44.7 Å². The Balaban J connectivity index is 1.47. The lowest BCUT2D eigenvalue weighted by molar-refractivity contribution is 0.313. The van der Waals surface area contributed by atoms with Crippen molar-refractivity contribution in [2.24, 2.45) is 0 Å². The average molecular weight is 388 g/mol. The quantitative estimate of drug-likeness (QED) is 0.793. The van der Waals surface area contributed by atoms with Crippen LogP contribution in [0.4, 0.5) is 5.69 Å². The number of nitrogens with one attached hydrogen (secondary N) is 1. The van der Waals surface area contributed by atoms with Crippen LogP contribution in [0.15, 0.2) is 48.5 Å². The molecule has 0 radical (unpaired) electrons.